The van der Waals surface area contributed by atoms with Crippen LogP contribution in [0, 0.1) is 0 Å². The van der Waals surface area contributed by atoms with Crippen LogP contribution in [0.25, 0.3) is 0 Å². The molecule has 2 aromatic carbocycles. The summed E-state index contributed by atoms with van der Waals surface area (Å²) in [5.74, 6) is 0.724. The van der Waals surface area contributed by atoms with Gasteiger partial charge in [-0.05, 0) is 43.2 Å². The molecule has 1 aliphatic rings. The van der Waals surface area contributed by atoms with Crippen LogP contribution in [0.2, 0.25) is 0 Å². The lowest BCUT2D eigenvalue weighted by molar-refractivity contribution is -0.143. The molecule has 1 aliphatic heterocycles. The number of phenols is 1. The van der Waals surface area contributed by atoms with Gasteiger partial charge in [-0.2, -0.15) is 0 Å². The van der Waals surface area contributed by atoms with Crippen LogP contribution in [0.1, 0.15) is 18.9 Å². The van der Waals surface area contributed by atoms with Gasteiger partial charge in [-0.25, -0.2) is 0 Å². The molecular formula is C22H26N2O4. The maximum absolute atomic E-state index is 12.6. The molecule has 0 saturated carbocycles. The molecule has 2 amide bonds. The second-order valence-electron chi connectivity index (χ2n) is 6.95. The molecule has 6 nitrogen and oxygen atoms in total. The van der Waals surface area contributed by atoms with Gasteiger partial charge in [0.05, 0.1) is 0 Å². The molecule has 28 heavy (non-hydrogen) atoms. The van der Waals surface area contributed by atoms with E-state index in [1.807, 2.05) is 35.2 Å². The van der Waals surface area contributed by atoms with Gasteiger partial charge in [-0.15, -0.1) is 0 Å². The van der Waals surface area contributed by atoms with Crippen molar-refractivity contribution in [2.75, 3.05) is 26.2 Å². The first-order chi connectivity index (χ1) is 13.5. The van der Waals surface area contributed by atoms with Gasteiger partial charge in [0.25, 0.3) is 5.91 Å². The standard InChI is InChI=1S/C22H26N2O4/c1-17(28-20-10-8-19(25)9-11-20)22(27)24-15-13-23(14-16-24)21(26)12-7-18-5-3-2-4-6-18/h2-6,8-11,17,25H,7,12-16H2,1H3. The Morgan fingerprint density at radius 1 is 0.964 bits per heavy atom. The maximum Gasteiger partial charge on any atom is 0.263 e. The third-order valence-electron chi connectivity index (χ3n) is 4.91. The SMILES string of the molecule is CC(Oc1ccc(O)cc1)C(=O)N1CCN(C(=O)CCc2ccccc2)CC1. The molecule has 0 aromatic heterocycles. The van der Waals surface area contributed by atoms with Gasteiger partial charge in [0.2, 0.25) is 5.91 Å². The Morgan fingerprint density at radius 3 is 2.21 bits per heavy atom. The van der Waals surface area contributed by atoms with Crippen LogP contribution in [0.15, 0.2) is 54.6 Å². The van der Waals surface area contributed by atoms with Crippen LogP contribution in [-0.2, 0) is 16.0 Å². The summed E-state index contributed by atoms with van der Waals surface area (Å²) in [5.41, 5.74) is 1.16. The smallest absolute Gasteiger partial charge is 0.263 e. The second kappa shape index (κ2) is 9.26. The Morgan fingerprint density at radius 2 is 1.57 bits per heavy atom. The molecule has 1 atom stereocenters. The quantitative estimate of drug-likeness (QED) is 0.833. The molecule has 2 aromatic rings. The van der Waals surface area contributed by atoms with E-state index in [-0.39, 0.29) is 17.6 Å². The first kappa shape index (κ1) is 19.7. The van der Waals surface area contributed by atoms with Crippen molar-refractivity contribution in [2.24, 2.45) is 0 Å². The Labute approximate surface area is 165 Å². The van der Waals surface area contributed by atoms with Gasteiger partial charge in [0.15, 0.2) is 6.10 Å². The van der Waals surface area contributed by atoms with E-state index in [9.17, 15) is 14.7 Å². The summed E-state index contributed by atoms with van der Waals surface area (Å²) < 4.78 is 5.66. The number of phenolic OH excluding ortho intramolecular Hbond substituents is 1. The number of carbonyl (C=O) groups excluding carboxylic acids is 2. The van der Waals surface area contributed by atoms with Gasteiger partial charge in [0, 0.05) is 32.6 Å². The number of aromatic hydroxyl groups is 1. The number of benzene rings is 2. The van der Waals surface area contributed by atoms with E-state index in [0.29, 0.717) is 38.3 Å². The van der Waals surface area contributed by atoms with Crippen LogP contribution in [0.5, 0.6) is 11.5 Å². The minimum Gasteiger partial charge on any atom is -0.508 e. The van der Waals surface area contributed by atoms with E-state index >= 15 is 0 Å². The van der Waals surface area contributed by atoms with Crippen molar-refractivity contribution >= 4 is 11.8 Å². The zero-order valence-electron chi connectivity index (χ0n) is 16.1. The first-order valence-corrected chi connectivity index (χ1v) is 9.59. The minimum absolute atomic E-state index is 0.0931. The van der Waals surface area contributed by atoms with E-state index in [1.54, 1.807) is 24.0 Å². The summed E-state index contributed by atoms with van der Waals surface area (Å²) in [6.07, 6.45) is 0.596. The van der Waals surface area contributed by atoms with Crippen LogP contribution < -0.4 is 4.74 Å². The fourth-order valence-corrected chi connectivity index (χ4v) is 3.27. The van der Waals surface area contributed by atoms with Crippen molar-refractivity contribution in [1.29, 1.82) is 0 Å². The Hall–Kier alpha value is -3.02. The van der Waals surface area contributed by atoms with Gasteiger partial charge >= 0.3 is 0 Å². The molecule has 1 fully saturated rings. The van der Waals surface area contributed by atoms with Crippen LogP contribution in [0.4, 0.5) is 0 Å². The Balaban J connectivity index is 1.44. The highest BCUT2D eigenvalue weighted by Crippen LogP contribution is 2.18. The number of rotatable bonds is 6. The highest BCUT2D eigenvalue weighted by atomic mass is 16.5. The summed E-state index contributed by atoms with van der Waals surface area (Å²) in [6, 6.07) is 16.3. The molecule has 6 heteroatoms. The van der Waals surface area contributed by atoms with Crippen LogP contribution in [0.3, 0.4) is 0 Å². The summed E-state index contributed by atoms with van der Waals surface area (Å²) >= 11 is 0. The maximum atomic E-state index is 12.6. The van der Waals surface area contributed by atoms with E-state index in [1.165, 1.54) is 12.1 Å². The number of nitrogens with zero attached hydrogens (tertiary/aromatic N) is 2. The number of hydrogen-bond acceptors (Lipinski definition) is 4. The fourth-order valence-electron chi connectivity index (χ4n) is 3.27. The number of hydrogen-bond donors (Lipinski definition) is 1. The van der Waals surface area contributed by atoms with Crippen molar-refractivity contribution in [3.05, 3.63) is 60.2 Å². The van der Waals surface area contributed by atoms with E-state index in [0.717, 1.165) is 12.0 Å². The topological polar surface area (TPSA) is 70.1 Å². The van der Waals surface area contributed by atoms with Gasteiger partial charge in [-0.1, -0.05) is 30.3 Å². The zero-order valence-corrected chi connectivity index (χ0v) is 16.1. The Kier molecular flexibility index (Phi) is 6.53. The van der Waals surface area contributed by atoms with E-state index in [2.05, 4.69) is 0 Å². The molecule has 0 radical (unpaired) electrons. The Bertz CT molecular complexity index is 784. The zero-order chi connectivity index (χ0) is 19.9. The average molecular weight is 382 g/mol. The summed E-state index contributed by atoms with van der Waals surface area (Å²) in [7, 11) is 0. The van der Waals surface area contributed by atoms with Crippen LogP contribution >= 0.6 is 0 Å². The molecule has 0 spiro atoms. The van der Waals surface area contributed by atoms with Crippen molar-refractivity contribution in [2.45, 2.75) is 25.9 Å². The normalized spacial score (nSPS) is 15.2. The number of amides is 2. The first-order valence-electron chi connectivity index (χ1n) is 9.59. The molecular weight excluding hydrogens is 356 g/mol. The minimum atomic E-state index is -0.620. The van der Waals surface area contributed by atoms with Crippen molar-refractivity contribution in [3.63, 3.8) is 0 Å². The lowest BCUT2D eigenvalue weighted by atomic mass is 10.1. The fraction of sp³-hybridized carbons (Fsp3) is 0.364. The molecule has 0 bridgehead atoms. The van der Waals surface area contributed by atoms with Crippen molar-refractivity contribution in [1.82, 2.24) is 9.80 Å². The van der Waals surface area contributed by atoms with Crippen molar-refractivity contribution in [3.8, 4) is 11.5 Å². The molecule has 148 valence electrons. The summed E-state index contributed by atoms with van der Waals surface area (Å²) in [5, 5.41) is 9.31. The predicted octanol–water partition coefficient (Wildman–Crippen LogP) is 2.46. The van der Waals surface area contributed by atoms with Gasteiger partial charge in [-0.3, -0.25) is 9.59 Å². The summed E-state index contributed by atoms with van der Waals surface area (Å²) in [4.78, 5) is 28.6. The number of piperazine rings is 1. The third-order valence-corrected chi connectivity index (χ3v) is 4.91. The largest absolute Gasteiger partial charge is 0.508 e. The number of carbonyl (C=O) groups is 2. The summed E-state index contributed by atoms with van der Waals surface area (Å²) in [6.45, 7) is 3.83. The lowest BCUT2D eigenvalue weighted by Crippen LogP contribution is -2.53. The molecule has 0 aliphatic carbocycles. The molecule has 1 N–H and O–H groups in total. The van der Waals surface area contributed by atoms with E-state index < -0.39 is 6.10 Å². The lowest BCUT2D eigenvalue weighted by Gasteiger charge is -2.36. The molecule has 1 unspecified atom stereocenters. The molecule has 1 heterocycles. The van der Waals surface area contributed by atoms with Gasteiger partial charge in [0.1, 0.15) is 11.5 Å². The second-order valence-corrected chi connectivity index (χ2v) is 6.95. The van der Waals surface area contributed by atoms with Crippen LogP contribution in [-0.4, -0.2) is 59.0 Å². The monoisotopic (exact) mass is 382 g/mol. The third kappa shape index (κ3) is 5.25. The number of ether oxygens (including phenoxy) is 1. The molecule has 1 saturated heterocycles. The highest BCUT2D eigenvalue weighted by Gasteiger charge is 2.27. The van der Waals surface area contributed by atoms with Crippen molar-refractivity contribution < 1.29 is 19.4 Å². The number of aryl methyl sites for hydroxylation is 1. The molecule has 3 rings (SSSR count). The average Bonchev–Trinajstić information content (AvgIpc) is 2.74. The predicted molar refractivity (Wildman–Crippen MR) is 106 cm³/mol. The highest BCUT2D eigenvalue weighted by molar-refractivity contribution is 5.81. The van der Waals surface area contributed by atoms with E-state index in [4.69, 9.17) is 4.74 Å². The van der Waals surface area contributed by atoms with Gasteiger partial charge < -0.3 is 19.6 Å².